The van der Waals surface area contributed by atoms with Gasteiger partial charge in [-0.3, -0.25) is 0 Å². The number of ether oxygens (including phenoxy) is 4. The average molecular weight is 781 g/mol. The first-order valence-electron chi connectivity index (χ1n) is 18.9. The van der Waals surface area contributed by atoms with Crippen molar-refractivity contribution in [3.8, 4) is 0 Å². The van der Waals surface area contributed by atoms with Gasteiger partial charge in [0.15, 0.2) is 31.2 Å². The predicted molar refractivity (Wildman–Crippen MR) is 217 cm³/mol. The zero-order chi connectivity index (χ0) is 37.5. The summed E-state index contributed by atoms with van der Waals surface area (Å²) >= 11 is 3.83. The normalized spacial score (nSPS) is 36.2. The summed E-state index contributed by atoms with van der Waals surface area (Å²) in [6.45, 7) is 41.6. The monoisotopic (exact) mass is 780 g/mol. The molecule has 0 bridgehead atoms. The number of hydrogen-bond acceptors (Lipinski definition) is 9. The molecule has 0 aromatic carbocycles. The van der Waals surface area contributed by atoms with Crippen LogP contribution in [0.25, 0.3) is 0 Å². The molecule has 3 aliphatic rings. The van der Waals surface area contributed by atoms with Gasteiger partial charge >= 0.3 is 0 Å². The number of rotatable bonds is 11. The highest BCUT2D eigenvalue weighted by molar-refractivity contribution is 8.01. The molecule has 0 aromatic heterocycles. The van der Waals surface area contributed by atoms with Gasteiger partial charge in [-0.25, -0.2) is 0 Å². The Balaban J connectivity index is 1.80. The smallest absolute Gasteiger partial charge is 0.192 e. The molecule has 3 rings (SSSR count). The van der Waals surface area contributed by atoms with E-state index in [2.05, 4.69) is 122 Å². The fourth-order valence-corrected chi connectivity index (χ4v) is 13.4. The van der Waals surface area contributed by atoms with Crippen LogP contribution in [0.15, 0.2) is 0 Å². The lowest BCUT2D eigenvalue weighted by Crippen LogP contribution is -2.56. The van der Waals surface area contributed by atoms with E-state index in [9.17, 15) is 0 Å². The van der Waals surface area contributed by atoms with Crippen molar-refractivity contribution in [3.63, 3.8) is 0 Å². The summed E-state index contributed by atoms with van der Waals surface area (Å²) in [5, 5.41) is 0.720. The van der Waals surface area contributed by atoms with Crippen LogP contribution in [0, 0.1) is 0 Å². The van der Waals surface area contributed by atoms with Crippen molar-refractivity contribution in [1.29, 1.82) is 0 Å². The van der Waals surface area contributed by atoms with Crippen LogP contribution < -0.4 is 0 Å². The van der Waals surface area contributed by atoms with Gasteiger partial charge in [-0.15, -0.1) is 23.5 Å². The lowest BCUT2D eigenvalue weighted by molar-refractivity contribution is -0.193. The zero-order valence-electron chi connectivity index (χ0n) is 34.9. The van der Waals surface area contributed by atoms with Crippen molar-refractivity contribution >= 4 is 48.5 Å². The van der Waals surface area contributed by atoms with Gasteiger partial charge in [0.25, 0.3) is 0 Å². The van der Waals surface area contributed by atoms with E-state index in [-0.39, 0.29) is 79.4 Å². The predicted octanol–water partition coefficient (Wildman–Crippen LogP) is 10.8. The molecule has 0 aromatic rings. The van der Waals surface area contributed by atoms with Gasteiger partial charge in [0.1, 0.15) is 10.9 Å². The van der Waals surface area contributed by atoms with E-state index in [0.717, 1.165) is 25.7 Å². The van der Waals surface area contributed by atoms with Crippen LogP contribution in [-0.4, -0.2) is 96.3 Å². The van der Waals surface area contributed by atoms with Crippen molar-refractivity contribution in [1.82, 2.24) is 0 Å². The van der Waals surface area contributed by atoms with Crippen LogP contribution in [0.1, 0.15) is 109 Å². The van der Waals surface area contributed by atoms with Crippen molar-refractivity contribution < 1.29 is 32.2 Å². The van der Waals surface area contributed by atoms with Crippen molar-refractivity contribution in [3.05, 3.63) is 0 Å². The number of methoxy groups -OCH3 is 1. The Kier molecular flexibility index (Phi) is 14.9. The van der Waals surface area contributed by atoms with E-state index in [1.807, 2.05) is 23.5 Å². The van der Waals surface area contributed by atoms with E-state index < -0.39 is 25.0 Å². The Morgan fingerprint density at radius 2 is 0.898 bits per heavy atom. The largest absolute Gasteiger partial charge is 0.413 e. The van der Waals surface area contributed by atoms with Gasteiger partial charge in [0.2, 0.25) is 0 Å². The molecule has 0 spiro atoms. The molecule has 0 N–H and O–H groups in total. The molecule has 11 atom stereocenters. The zero-order valence-corrected chi connectivity index (χ0v) is 39.5. The van der Waals surface area contributed by atoms with E-state index in [4.69, 9.17) is 32.2 Å². The third-order valence-electron chi connectivity index (χ3n) is 12.5. The SMILES string of the molecule is CO[C@H]1C[C@@H](O[Si](C)(C)C(C)(C)C)C(S[C@H]2C[C@@H](O[Si](C)(C)C(C)(C)C)[C@H](S[C@H]3CC[C@H](O[Si](C)(C)C(C)(C)C)[C@H](C)O3)C(C)O2)C(C)O1. The number of thioether (sulfide) groups is 2. The lowest BCUT2D eigenvalue weighted by atomic mass is 10.1. The minimum absolute atomic E-state index is 0.0115. The first-order valence-corrected chi connectivity index (χ1v) is 29.5. The van der Waals surface area contributed by atoms with E-state index >= 15 is 0 Å². The minimum Gasteiger partial charge on any atom is -0.413 e. The molecule has 3 fully saturated rings. The summed E-state index contributed by atoms with van der Waals surface area (Å²) in [7, 11) is -4.24. The third-order valence-corrected chi connectivity index (χ3v) is 29.2. The molecule has 0 amide bonds. The molecule has 3 heterocycles. The maximum Gasteiger partial charge on any atom is 0.192 e. The van der Waals surface area contributed by atoms with Gasteiger partial charge in [-0.05, 0) is 88.0 Å². The Labute approximate surface area is 313 Å². The molecule has 0 aliphatic carbocycles. The quantitative estimate of drug-likeness (QED) is 0.191. The van der Waals surface area contributed by atoms with Gasteiger partial charge in [0, 0.05) is 20.0 Å². The molecule has 290 valence electrons. The maximum atomic E-state index is 7.33. The molecule has 3 saturated heterocycles. The first-order chi connectivity index (χ1) is 22.1. The fourth-order valence-electron chi connectivity index (χ4n) is 6.06. The molecular formula is C37H76O7S2Si3. The van der Waals surface area contributed by atoms with E-state index in [1.165, 1.54) is 0 Å². The molecule has 3 aliphatic heterocycles. The molecule has 0 radical (unpaired) electrons. The van der Waals surface area contributed by atoms with Gasteiger partial charge in [0.05, 0.1) is 47.1 Å². The highest BCUT2D eigenvalue weighted by Gasteiger charge is 2.50. The van der Waals surface area contributed by atoms with Crippen LogP contribution in [0.3, 0.4) is 0 Å². The summed E-state index contributed by atoms with van der Waals surface area (Å²) in [5.74, 6) is 0. The summed E-state index contributed by atoms with van der Waals surface area (Å²) in [6.07, 6.45) is 3.61. The highest BCUT2D eigenvalue weighted by Crippen LogP contribution is 2.48. The molecule has 49 heavy (non-hydrogen) atoms. The van der Waals surface area contributed by atoms with Crippen molar-refractivity contribution in [2.75, 3.05) is 7.11 Å². The summed E-state index contributed by atoms with van der Waals surface area (Å²) in [5.41, 5.74) is 0.0796. The Morgan fingerprint density at radius 1 is 0.510 bits per heavy atom. The lowest BCUT2D eigenvalue weighted by Gasteiger charge is -2.50. The fraction of sp³-hybridized carbons (Fsp3) is 1.00. The van der Waals surface area contributed by atoms with E-state index in [1.54, 1.807) is 7.11 Å². The molecular weight excluding hydrogens is 705 g/mol. The molecule has 0 saturated carbocycles. The topological polar surface area (TPSA) is 64.6 Å². The van der Waals surface area contributed by atoms with Crippen LogP contribution in [0.2, 0.25) is 54.4 Å². The molecule has 3 unspecified atom stereocenters. The standard InChI is InChI=1S/C37H76O7S2Si3/c1-24-27(42-47(14,15)35(4,5)6)20-21-31(40-24)45-34-26(3)41-32(23-29(34)44-49(18,19)37(10,11)12)46-33-25(2)39-30(38-13)22-28(33)43-48(16,17)36(7,8)9/h24-34H,20-23H2,1-19H3/t24-,25?,26?,27-,28+,29+,30+,31-,32-,33?,34+/m0/s1. The Hall–Kier alpha value is 1.07. The van der Waals surface area contributed by atoms with Crippen LogP contribution in [-0.2, 0) is 32.2 Å². The average Bonchev–Trinajstić information content (AvgIpc) is 2.91. The van der Waals surface area contributed by atoms with Gasteiger partial charge in [-0.1, -0.05) is 62.3 Å². The Bertz CT molecular complexity index is 1060. The third kappa shape index (κ3) is 11.3. The Morgan fingerprint density at radius 3 is 1.33 bits per heavy atom. The van der Waals surface area contributed by atoms with Crippen LogP contribution in [0.5, 0.6) is 0 Å². The highest BCUT2D eigenvalue weighted by atomic mass is 32.2. The van der Waals surface area contributed by atoms with Gasteiger partial charge < -0.3 is 32.2 Å². The first kappa shape index (κ1) is 44.5. The van der Waals surface area contributed by atoms with Gasteiger partial charge in [-0.2, -0.15) is 0 Å². The molecule has 7 nitrogen and oxygen atoms in total. The molecule has 12 heteroatoms. The minimum atomic E-state index is -2.07. The summed E-state index contributed by atoms with van der Waals surface area (Å²) < 4.78 is 47.1. The van der Waals surface area contributed by atoms with Crippen molar-refractivity contribution in [2.45, 2.75) is 227 Å². The number of hydrogen-bond donors (Lipinski definition) is 0. The van der Waals surface area contributed by atoms with Crippen LogP contribution in [0.4, 0.5) is 0 Å². The summed E-state index contributed by atoms with van der Waals surface area (Å²) in [4.78, 5) is 0. The van der Waals surface area contributed by atoms with Crippen molar-refractivity contribution in [2.24, 2.45) is 0 Å². The van der Waals surface area contributed by atoms with Crippen LogP contribution >= 0.6 is 23.5 Å². The van der Waals surface area contributed by atoms with E-state index in [0.29, 0.717) is 0 Å². The second-order valence-corrected chi connectivity index (χ2v) is 36.5. The second-order valence-electron chi connectivity index (χ2n) is 19.5. The maximum absolute atomic E-state index is 7.33. The second kappa shape index (κ2) is 16.4. The summed E-state index contributed by atoms with van der Waals surface area (Å²) in [6, 6.07) is 0.